The van der Waals surface area contributed by atoms with E-state index in [0.29, 0.717) is 22.4 Å². The predicted octanol–water partition coefficient (Wildman–Crippen LogP) is 2.50. The average molecular weight is 380 g/mol. The minimum Gasteiger partial charge on any atom is -0.482 e. The van der Waals surface area contributed by atoms with E-state index in [1.54, 1.807) is 50.2 Å². The summed E-state index contributed by atoms with van der Waals surface area (Å²) in [6.45, 7) is 3.36. The molecule has 7 heteroatoms. The number of ketones is 1. The Labute approximate surface area is 162 Å². The highest BCUT2D eigenvalue weighted by atomic mass is 16.6. The highest BCUT2D eigenvalue weighted by Crippen LogP contribution is 2.13. The maximum Gasteiger partial charge on any atom is 0.344 e. The normalized spacial score (nSPS) is 11.0. The lowest BCUT2D eigenvalue weighted by Gasteiger charge is -2.13. The van der Waals surface area contributed by atoms with E-state index in [-0.39, 0.29) is 19.0 Å². The zero-order valence-electron chi connectivity index (χ0n) is 15.6. The molecule has 0 aliphatic carbocycles. The van der Waals surface area contributed by atoms with Gasteiger partial charge in [-0.25, -0.2) is 4.79 Å². The SMILES string of the molecule is CCOC(=O)COc1ccc(C(=O)NC(C)C(=O)c2ccc(C#N)cc2)cc1. The van der Waals surface area contributed by atoms with Gasteiger partial charge in [-0.15, -0.1) is 0 Å². The molecule has 0 fully saturated rings. The molecule has 1 amide bonds. The number of nitrogens with one attached hydrogen (secondary N) is 1. The van der Waals surface area contributed by atoms with Crippen LogP contribution in [0.1, 0.15) is 40.1 Å². The first kappa shape index (κ1) is 20.6. The lowest BCUT2D eigenvalue weighted by Crippen LogP contribution is -2.38. The van der Waals surface area contributed by atoms with Gasteiger partial charge in [0.15, 0.2) is 12.4 Å². The monoisotopic (exact) mass is 380 g/mol. The molecule has 0 aliphatic rings. The Bertz CT molecular complexity index is 883. The van der Waals surface area contributed by atoms with Gasteiger partial charge < -0.3 is 14.8 Å². The number of benzene rings is 2. The molecule has 28 heavy (non-hydrogen) atoms. The summed E-state index contributed by atoms with van der Waals surface area (Å²) in [7, 11) is 0. The van der Waals surface area contributed by atoms with E-state index >= 15 is 0 Å². The number of hydrogen-bond acceptors (Lipinski definition) is 6. The highest BCUT2D eigenvalue weighted by Gasteiger charge is 2.18. The molecule has 0 aromatic heterocycles. The van der Waals surface area contributed by atoms with E-state index in [1.807, 2.05) is 6.07 Å². The van der Waals surface area contributed by atoms with Crippen molar-refractivity contribution in [2.24, 2.45) is 0 Å². The third kappa shape index (κ3) is 5.68. The van der Waals surface area contributed by atoms with E-state index in [1.165, 1.54) is 12.1 Å². The van der Waals surface area contributed by atoms with Crippen LogP contribution >= 0.6 is 0 Å². The average Bonchev–Trinajstić information content (AvgIpc) is 2.72. The third-order valence-electron chi connectivity index (χ3n) is 3.82. The van der Waals surface area contributed by atoms with Crippen LogP contribution in [0.5, 0.6) is 5.75 Å². The number of nitriles is 1. The number of ether oxygens (including phenoxy) is 2. The predicted molar refractivity (Wildman–Crippen MR) is 101 cm³/mol. The van der Waals surface area contributed by atoms with Crippen molar-refractivity contribution in [3.8, 4) is 11.8 Å². The molecule has 0 bridgehead atoms. The number of Topliss-reactive ketones (excluding diaryl/α,β-unsaturated/α-hetero) is 1. The second-order valence-electron chi connectivity index (χ2n) is 5.87. The first-order chi connectivity index (χ1) is 13.4. The van der Waals surface area contributed by atoms with E-state index in [0.717, 1.165) is 0 Å². The molecule has 144 valence electrons. The van der Waals surface area contributed by atoms with Gasteiger partial charge in [0.1, 0.15) is 5.75 Å². The van der Waals surface area contributed by atoms with E-state index in [2.05, 4.69) is 5.32 Å². The molecule has 0 saturated carbocycles. The lowest BCUT2D eigenvalue weighted by atomic mass is 10.0. The molecule has 0 aliphatic heterocycles. The number of esters is 1. The van der Waals surface area contributed by atoms with Crippen molar-refractivity contribution in [3.05, 3.63) is 65.2 Å². The van der Waals surface area contributed by atoms with Crippen molar-refractivity contribution in [2.45, 2.75) is 19.9 Å². The van der Waals surface area contributed by atoms with Crippen molar-refractivity contribution in [2.75, 3.05) is 13.2 Å². The van der Waals surface area contributed by atoms with Gasteiger partial charge in [-0.2, -0.15) is 5.26 Å². The van der Waals surface area contributed by atoms with Crippen molar-refractivity contribution >= 4 is 17.7 Å². The highest BCUT2D eigenvalue weighted by molar-refractivity contribution is 6.04. The Hall–Kier alpha value is -3.66. The van der Waals surface area contributed by atoms with Gasteiger partial charge in [0.05, 0.1) is 24.3 Å². The Morgan fingerprint density at radius 2 is 1.64 bits per heavy atom. The molecular formula is C21H20N2O5. The maximum atomic E-state index is 12.4. The fourth-order valence-corrected chi connectivity index (χ4v) is 2.35. The minimum atomic E-state index is -0.736. The van der Waals surface area contributed by atoms with Gasteiger partial charge in [0.2, 0.25) is 0 Å². The molecular weight excluding hydrogens is 360 g/mol. The van der Waals surface area contributed by atoms with Crippen LogP contribution < -0.4 is 10.1 Å². The van der Waals surface area contributed by atoms with Crippen molar-refractivity contribution in [3.63, 3.8) is 0 Å². The number of carbonyl (C=O) groups excluding carboxylic acids is 3. The van der Waals surface area contributed by atoms with Crippen LogP contribution in [0.2, 0.25) is 0 Å². The summed E-state index contributed by atoms with van der Waals surface area (Å²) in [6.07, 6.45) is 0. The number of rotatable bonds is 8. The first-order valence-corrected chi connectivity index (χ1v) is 8.68. The first-order valence-electron chi connectivity index (χ1n) is 8.68. The van der Waals surface area contributed by atoms with Crippen LogP contribution in [-0.2, 0) is 9.53 Å². The number of amides is 1. The van der Waals surface area contributed by atoms with Gasteiger partial charge in [0.25, 0.3) is 5.91 Å². The smallest absolute Gasteiger partial charge is 0.344 e. The zero-order chi connectivity index (χ0) is 20.5. The van der Waals surface area contributed by atoms with E-state index in [4.69, 9.17) is 14.7 Å². The topological polar surface area (TPSA) is 105 Å². The summed E-state index contributed by atoms with van der Waals surface area (Å²) in [5.41, 5.74) is 1.22. The van der Waals surface area contributed by atoms with Gasteiger partial charge in [-0.1, -0.05) is 12.1 Å². The fraction of sp³-hybridized carbons (Fsp3) is 0.238. The number of nitrogens with zero attached hydrogens (tertiary/aromatic N) is 1. The van der Waals surface area contributed by atoms with Crippen LogP contribution in [-0.4, -0.2) is 36.9 Å². The molecule has 7 nitrogen and oxygen atoms in total. The van der Waals surface area contributed by atoms with Gasteiger partial charge >= 0.3 is 5.97 Å². The number of carbonyl (C=O) groups is 3. The number of hydrogen-bond donors (Lipinski definition) is 1. The lowest BCUT2D eigenvalue weighted by molar-refractivity contribution is -0.145. The molecule has 0 radical (unpaired) electrons. The second kappa shape index (κ2) is 9.88. The van der Waals surface area contributed by atoms with Crippen LogP contribution in [0.15, 0.2) is 48.5 Å². The Morgan fingerprint density at radius 1 is 1.04 bits per heavy atom. The van der Waals surface area contributed by atoms with Gasteiger partial charge in [-0.05, 0) is 50.2 Å². The Morgan fingerprint density at radius 3 is 2.21 bits per heavy atom. The molecule has 0 saturated heterocycles. The standard InChI is InChI=1S/C21H20N2O5/c1-3-27-19(24)13-28-18-10-8-17(9-11-18)21(26)23-14(2)20(25)16-6-4-15(12-22)5-7-16/h4-11,14H,3,13H2,1-2H3,(H,23,26). The molecule has 2 aromatic rings. The Balaban J connectivity index is 1.93. The second-order valence-corrected chi connectivity index (χ2v) is 5.87. The summed E-state index contributed by atoms with van der Waals surface area (Å²) in [6, 6.07) is 13.6. The summed E-state index contributed by atoms with van der Waals surface area (Å²) in [5.74, 6) is -0.718. The summed E-state index contributed by atoms with van der Waals surface area (Å²) in [5, 5.41) is 11.4. The van der Waals surface area contributed by atoms with Crippen molar-refractivity contribution in [1.29, 1.82) is 5.26 Å². The van der Waals surface area contributed by atoms with Crippen LogP contribution in [0.4, 0.5) is 0 Å². The molecule has 1 atom stereocenters. The summed E-state index contributed by atoms with van der Waals surface area (Å²) >= 11 is 0. The van der Waals surface area contributed by atoms with Gasteiger partial charge in [-0.3, -0.25) is 9.59 Å². The Kier molecular flexibility index (Phi) is 7.28. The maximum absolute atomic E-state index is 12.4. The van der Waals surface area contributed by atoms with Crippen LogP contribution in [0.25, 0.3) is 0 Å². The fourth-order valence-electron chi connectivity index (χ4n) is 2.35. The summed E-state index contributed by atoms with van der Waals surface area (Å²) in [4.78, 5) is 36.0. The third-order valence-corrected chi connectivity index (χ3v) is 3.82. The molecule has 1 N–H and O–H groups in total. The molecule has 2 aromatic carbocycles. The molecule has 0 heterocycles. The van der Waals surface area contributed by atoms with E-state index in [9.17, 15) is 14.4 Å². The quantitative estimate of drug-likeness (QED) is 0.557. The molecule has 2 rings (SSSR count). The van der Waals surface area contributed by atoms with Crippen LogP contribution in [0, 0.1) is 11.3 Å². The van der Waals surface area contributed by atoms with E-state index < -0.39 is 17.9 Å². The van der Waals surface area contributed by atoms with Crippen LogP contribution in [0.3, 0.4) is 0 Å². The zero-order valence-corrected chi connectivity index (χ0v) is 15.6. The van der Waals surface area contributed by atoms with Crippen molar-refractivity contribution in [1.82, 2.24) is 5.32 Å². The van der Waals surface area contributed by atoms with Gasteiger partial charge in [0, 0.05) is 11.1 Å². The minimum absolute atomic E-state index is 0.213. The largest absolute Gasteiger partial charge is 0.482 e. The van der Waals surface area contributed by atoms with Crippen molar-refractivity contribution < 1.29 is 23.9 Å². The summed E-state index contributed by atoms with van der Waals surface area (Å²) < 4.78 is 10.0. The molecule has 0 spiro atoms. The molecule has 1 unspecified atom stereocenters.